The van der Waals surface area contributed by atoms with Gasteiger partial charge in [-0.3, -0.25) is 4.79 Å². The number of hydrogen-bond acceptors (Lipinski definition) is 5. The second-order valence-corrected chi connectivity index (χ2v) is 4.78. The fraction of sp³-hybridized carbons (Fsp3) is 0.667. The van der Waals surface area contributed by atoms with E-state index in [1.807, 2.05) is 0 Å². The summed E-state index contributed by atoms with van der Waals surface area (Å²) in [5.74, 6) is 0.407. The van der Waals surface area contributed by atoms with Crippen LogP contribution in [0.3, 0.4) is 0 Å². The zero-order chi connectivity index (χ0) is 13.7. The zero-order valence-electron chi connectivity index (χ0n) is 11.0. The molecule has 0 fully saturated rings. The molecule has 0 saturated heterocycles. The molecular weight excluding hydrogens is 234 g/mol. The molecule has 0 saturated carbocycles. The Hall–Kier alpha value is -1.40. The topological polar surface area (TPSA) is 101 Å². The third-order valence-corrected chi connectivity index (χ3v) is 2.57. The first-order chi connectivity index (χ1) is 8.41. The predicted octanol–water partition coefficient (Wildman–Crippen LogP) is 0.831. The van der Waals surface area contributed by atoms with Gasteiger partial charge in [0.15, 0.2) is 5.69 Å². The SMILES string of the molecule is CC(C)CCNC(=O)c1coc(C(N)C(C)O)n1. The smallest absolute Gasteiger partial charge is 0.273 e. The minimum absolute atomic E-state index is 0.166. The summed E-state index contributed by atoms with van der Waals surface area (Å²) < 4.78 is 5.08. The van der Waals surface area contributed by atoms with Crippen LogP contribution in [0.1, 0.15) is 49.6 Å². The molecule has 0 aliphatic rings. The van der Waals surface area contributed by atoms with Crippen LogP contribution in [0.5, 0.6) is 0 Å². The lowest BCUT2D eigenvalue weighted by Gasteiger charge is -2.09. The first-order valence-corrected chi connectivity index (χ1v) is 6.09. The molecule has 0 radical (unpaired) electrons. The van der Waals surface area contributed by atoms with Crippen LogP contribution in [-0.2, 0) is 0 Å². The summed E-state index contributed by atoms with van der Waals surface area (Å²) in [4.78, 5) is 15.7. The van der Waals surface area contributed by atoms with Crippen LogP contribution >= 0.6 is 0 Å². The number of hydrogen-bond donors (Lipinski definition) is 3. The number of aromatic nitrogens is 1. The Bertz CT molecular complexity index is 388. The number of rotatable bonds is 6. The van der Waals surface area contributed by atoms with Crippen LogP contribution in [0, 0.1) is 5.92 Å². The highest BCUT2D eigenvalue weighted by atomic mass is 16.3. The summed E-state index contributed by atoms with van der Waals surface area (Å²) in [6, 6.07) is -0.720. The van der Waals surface area contributed by atoms with Gasteiger partial charge in [-0.2, -0.15) is 0 Å². The van der Waals surface area contributed by atoms with Crippen molar-refractivity contribution in [3.05, 3.63) is 17.8 Å². The molecule has 102 valence electrons. The lowest BCUT2D eigenvalue weighted by Crippen LogP contribution is -2.26. The van der Waals surface area contributed by atoms with E-state index in [4.69, 9.17) is 10.2 Å². The van der Waals surface area contributed by atoms with Crippen LogP contribution in [0.25, 0.3) is 0 Å². The molecule has 0 bridgehead atoms. The van der Waals surface area contributed by atoms with Crippen LogP contribution in [-0.4, -0.2) is 28.6 Å². The maximum atomic E-state index is 11.7. The van der Waals surface area contributed by atoms with Crippen molar-refractivity contribution in [3.8, 4) is 0 Å². The molecular formula is C12H21N3O3. The standard InChI is InChI=1S/C12H21N3O3/c1-7(2)4-5-14-11(17)9-6-18-12(15-9)10(13)8(3)16/h6-8,10,16H,4-5,13H2,1-3H3,(H,14,17). The van der Waals surface area contributed by atoms with Gasteiger partial charge in [-0.15, -0.1) is 0 Å². The van der Waals surface area contributed by atoms with Gasteiger partial charge in [0.25, 0.3) is 5.91 Å². The summed E-state index contributed by atoms with van der Waals surface area (Å²) in [5, 5.41) is 12.0. The van der Waals surface area contributed by atoms with Gasteiger partial charge >= 0.3 is 0 Å². The van der Waals surface area contributed by atoms with E-state index in [2.05, 4.69) is 24.1 Å². The molecule has 0 aliphatic heterocycles. The summed E-state index contributed by atoms with van der Waals surface area (Å²) in [6.45, 7) is 6.31. The van der Waals surface area contributed by atoms with Crippen molar-refractivity contribution in [2.45, 2.75) is 39.3 Å². The Balaban J connectivity index is 2.54. The lowest BCUT2D eigenvalue weighted by molar-refractivity contribution is 0.0946. The van der Waals surface area contributed by atoms with E-state index in [1.165, 1.54) is 13.2 Å². The van der Waals surface area contributed by atoms with Crippen LogP contribution in [0.15, 0.2) is 10.7 Å². The highest BCUT2D eigenvalue weighted by Gasteiger charge is 2.20. The van der Waals surface area contributed by atoms with Gasteiger partial charge < -0.3 is 20.6 Å². The summed E-state index contributed by atoms with van der Waals surface area (Å²) in [5.41, 5.74) is 5.84. The fourth-order valence-electron chi connectivity index (χ4n) is 1.32. The second-order valence-electron chi connectivity index (χ2n) is 4.78. The van der Waals surface area contributed by atoms with Crippen LogP contribution < -0.4 is 11.1 Å². The Morgan fingerprint density at radius 1 is 1.56 bits per heavy atom. The molecule has 1 heterocycles. The monoisotopic (exact) mass is 255 g/mol. The van der Waals surface area contributed by atoms with Gasteiger partial charge in [-0.05, 0) is 19.3 Å². The number of amides is 1. The molecule has 1 amide bonds. The van der Waals surface area contributed by atoms with Crippen molar-refractivity contribution in [3.63, 3.8) is 0 Å². The van der Waals surface area contributed by atoms with Crippen LogP contribution in [0.2, 0.25) is 0 Å². The van der Waals surface area contributed by atoms with Crippen molar-refractivity contribution in [2.75, 3.05) is 6.54 Å². The molecule has 4 N–H and O–H groups in total. The van der Waals surface area contributed by atoms with E-state index in [9.17, 15) is 9.90 Å². The molecule has 6 heteroatoms. The third-order valence-electron chi connectivity index (χ3n) is 2.57. The average Bonchev–Trinajstić information content (AvgIpc) is 2.76. The minimum Gasteiger partial charge on any atom is -0.446 e. The van der Waals surface area contributed by atoms with Gasteiger partial charge in [0, 0.05) is 6.54 Å². The maximum absolute atomic E-state index is 11.7. The molecule has 1 aromatic rings. The normalized spacial score (nSPS) is 14.6. The van der Waals surface area contributed by atoms with E-state index in [-0.39, 0.29) is 17.5 Å². The predicted molar refractivity (Wildman–Crippen MR) is 66.9 cm³/mol. The summed E-state index contributed by atoms with van der Waals surface area (Å²) in [7, 11) is 0. The maximum Gasteiger partial charge on any atom is 0.273 e. The number of nitrogens with zero attached hydrogens (tertiary/aromatic N) is 1. The van der Waals surface area contributed by atoms with E-state index >= 15 is 0 Å². The number of oxazole rings is 1. The van der Waals surface area contributed by atoms with E-state index in [0.29, 0.717) is 12.5 Å². The van der Waals surface area contributed by atoms with Gasteiger partial charge in [0.05, 0.1) is 6.10 Å². The highest BCUT2D eigenvalue weighted by Crippen LogP contribution is 2.13. The van der Waals surface area contributed by atoms with Crippen LogP contribution in [0.4, 0.5) is 0 Å². The summed E-state index contributed by atoms with van der Waals surface area (Å²) in [6.07, 6.45) is 1.38. The lowest BCUT2D eigenvalue weighted by atomic mass is 10.1. The van der Waals surface area contributed by atoms with E-state index in [1.54, 1.807) is 0 Å². The Kier molecular flexibility index (Phi) is 5.30. The van der Waals surface area contributed by atoms with Crippen molar-refractivity contribution in [1.29, 1.82) is 0 Å². The van der Waals surface area contributed by atoms with Crippen molar-refractivity contribution in [1.82, 2.24) is 10.3 Å². The molecule has 18 heavy (non-hydrogen) atoms. The molecule has 0 spiro atoms. The first kappa shape index (κ1) is 14.7. The molecule has 2 unspecified atom stereocenters. The second kappa shape index (κ2) is 6.51. The Morgan fingerprint density at radius 2 is 2.22 bits per heavy atom. The van der Waals surface area contributed by atoms with Crippen molar-refractivity contribution in [2.24, 2.45) is 11.7 Å². The van der Waals surface area contributed by atoms with Gasteiger partial charge in [-0.1, -0.05) is 13.8 Å². The molecule has 1 rings (SSSR count). The summed E-state index contributed by atoms with van der Waals surface area (Å²) >= 11 is 0. The molecule has 6 nitrogen and oxygen atoms in total. The van der Waals surface area contributed by atoms with Gasteiger partial charge in [0.2, 0.25) is 5.89 Å². The number of nitrogens with two attached hydrogens (primary N) is 1. The van der Waals surface area contributed by atoms with E-state index in [0.717, 1.165) is 6.42 Å². The third kappa shape index (κ3) is 4.12. The molecule has 2 atom stereocenters. The number of aliphatic hydroxyl groups excluding tert-OH is 1. The number of nitrogens with one attached hydrogen (secondary N) is 1. The number of carbonyl (C=O) groups excluding carboxylic acids is 1. The average molecular weight is 255 g/mol. The molecule has 0 aliphatic carbocycles. The molecule has 0 aromatic carbocycles. The Morgan fingerprint density at radius 3 is 2.78 bits per heavy atom. The first-order valence-electron chi connectivity index (χ1n) is 6.09. The van der Waals surface area contributed by atoms with Crippen molar-refractivity contribution >= 4 is 5.91 Å². The minimum atomic E-state index is -0.777. The number of carbonyl (C=O) groups is 1. The zero-order valence-corrected chi connectivity index (χ0v) is 11.0. The van der Waals surface area contributed by atoms with Crippen molar-refractivity contribution < 1.29 is 14.3 Å². The number of aliphatic hydroxyl groups is 1. The van der Waals surface area contributed by atoms with Gasteiger partial charge in [-0.25, -0.2) is 4.98 Å². The Labute approximate surface area is 107 Å². The largest absolute Gasteiger partial charge is 0.446 e. The van der Waals surface area contributed by atoms with E-state index < -0.39 is 12.1 Å². The van der Waals surface area contributed by atoms with Gasteiger partial charge in [0.1, 0.15) is 12.3 Å². The molecule has 1 aromatic heterocycles. The quantitative estimate of drug-likeness (QED) is 0.699. The fourth-order valence-corrected chi connectivity index (χ4v) is 1.32. The highest BCUT2D eigenvalue weighted by molar-refractivity contribution is 5.91.